The van der Waals surface area contributed by atoms with Crippen molar-refractivity contribution in [1.29, 1.82) is 0 Å². The van der Waals surface area contributed by atoms with Crippen LogP contribution in [0, 0.1) is 5.92 Å². The number of rotatable bonds is 4. The van der Waals surface area contributed by atoms with E-state index in [0.29, 0.717) is 6.54 Å². The maximum atomic E-state index is 14.0. The summed E-state index contributed by atoms with van der Waals surface area (Å²) >= 11 is 3.59. The van der Waals surface area contributed by atoms with E-state index in [0.717, 1.165) is 26.9 Å². The molecule has 0 aliphatic carbocycles. The molecule has 1 spiro atoms. The van der Waals surface area contributed by atoms with Crippen molar-refractivity contribution in [2.45, 2.75) is 11.5 Å². The van der Waals surface area contributed by atoms with Crippen molar-refractivity contribution in [3.8, 4) is 0 Å². The Labute approximate surface area is 202 Å². The zero-order chi connectivity index (χ0) is 23.2. The third-order valence-corrected chi connectivity index (χ3v) is 7.55. The van der Waals surface area contributed by atoms with Crippen LogP contribution in [0.4, 0.5) is 5.69 Å². The van der Waals surface area contributed by atoms with Crippen molar-refractivity contribution in [1.82, 2.24) is 4.90 Å². The summed E-state index contributed by atoms with van der Waals surface area (Å²) in [6.07, 6.45) is 3.50. The van der Waals surface area contributed by atoms with Crippen LogP contribution < -0.4 is 4.90 Å². The number of benzene rings is 3. The lowest BCUT2D eigenvalue weighted by atomic mass is 9.71. The number of carbonyl (C=O) groups excluding carboxylic acids is 2. The van der Waals surface area contributed by atoms with E-state index in [-0.39, 0.29) is 17.6 Å². The van der Waals surface area contributed by atoms with Crippen LogP contribution in [0.15, 0.2) is 89.4 Å². The first-order valence-electron chi connectivity index (χ1n) is 11.1. The number of hydrogen-bond donors (Lipinski definition) is 0. The number of likely N-dealkylation sites (tertiary alicyclic amines) is 1. The molecule has 5 heteroatoms. The number of allylic oxidation sites excluding steroid dienone is 1. The highest BCUT2D eigenvalue weighted by Crippen LogP contribution is 2.56. The second-order valence-corrected chi connectivity index (χ2v) is 9.73. The lowest BCUT2D eigenvalue weighted by molar-refractivity contribution is -0.135. The van der Waals surface area contributed by atoms with E-state index in [1.54, 1.807) is 18.0 Å². The molecular weight excluding hydrogens is 476 g/mol. The minimum atomic E-state index is -1.05. The molecule has 2 heterocycles. The number of carbonyl (C=O) groups is 2. The average Bonchev–Trinajstić information content (AvgIpc) is 3.26. The van der Waals surface area contributed by atoms with E-state index in [9.17, 15) is 9.59 Å². The topological polar surface area (TPSA) is 40.6 Å². The summed E-state index contributed by atoms with van der Waals surface area (Å²) in [5, 5.41) is 0. The SMILES string of the molecule is CN1C(=O)C2(c3cc(Br)ccc31)C(C(=O)C=Cc1ccccc1)C(c1ccccc1)CN2C. The highest BCUT2D eigenvalue weighted by atomic mass is 79.9. The van der Waals surface area contributed by atoms with E-state index in [1.165, 1.54) is 0 Å². The van der Waals surface area contributed by atoms with Crippen molar-refractivity contribution >= 4 is 39.4 Å². The van der Waals surface area contributed by atoms with Crippen LogP contribution in [0.1, 0.15) is 22.6 Å². The Morgan fingerprint density at radius 2 is 1.67 bits per heavy atom. The maximum absolute atomic E-state index is 14.0. The van der Waals surface area contributed by atoms with Crippen molar-refractivity contribution in [3.05, 3.63) is 106 Å². The van der Waals surface area contributed by atoms with Crippen molar-refractivity contribution in [2.24, 2.45) is 5.92 Å². The Balaban J connectivity index is 1.68. The standard InChI is InChI=1S/C28H25BrN2O2/c1-30-18-22(20-11-7-4-8-12-20)26(25(32)16-13-19-9-5-3-6-10-19)28(30)23-17-21(29)14-15-24(23)31(2)27(28)33/h3-17,22,26H,18H2,1-2H3. The number of halogens is 1. The van der Waals surface area contributed by atoms with Crippen molar-refractivity contribution in [2.75, 3.05) is 25.5 Å². The molecule has 2 aliphatic rings. The number of likely N-dealkylation sites (N-methyl/N-ethyl adjacent to an activating group) is 2. The number of amides is 1. The number of ketones is 1. The van der Waals surface area contributed by atoms with Crippen LogP contribution in [0.3, 0.4) is 0 Å². The van der Waals surface area contributed by atoms with Crippen LogP contribution in [-0.2, 0) is 15.1 Å². The van der Waals surface area contributed by atoms with Gasteiger partial charge in [-0.25, -0.2) is 0 Å². The summed E-state index contributed by atoms with van der Waals surface area (Å²) in [6.45, 7) is 0.616. The fourth-order valence-corrected chi connectivity index (χ4v) is 5.94. The third kappa shape index (κ3) is 3.38. The van der Waals surface area contributed by atoms with Gasteiger partial charge in [0.05, 0.1) is 5.92 Å². The predicted molar refractivity (Wildman–Crippen MR) is 135 cm³/mol. The summed E-state index contributed by atoms with van der Waals surface area (Å²) in [6, 6.07) is 25.8. The van der Waals surface area contributed by atoms with Crippen LogP contribution in [0.5, 0.6) is 0 Å². The highest BCUT2D eigenvalue weighted by molar-refractivity contribution is 9.10. The minimum Gasteiger partial charge on any atom is -0.313 e. The van der Waals surface area contributed by atoms with E-state index in [1.807, 2.05) is 79.9 Å². The molecule has 0 radical (unpaired) electrons. The van der Waals surface area contributed by atoms with Gasteiger partial charge in [-0.3, -0.25) is 14.5 Å². The van der Waals surface area contributed by atoms with Crippen LogP contribution >= 0.6 is 15.9 Å². The quantitative estimate of drug-likeness (QED) is 0.459. The van der Waals surface area contributed by atoms with Crippen LogP contribution in [-0.4, -0.2) is 37.2 Å². The molecule has 5 rings (SSSR count). The Morgan fingerprint density at radius 1 is 1.00 bits per heavy atom. The zero-order valence-electron chi connectivity index (χ0n) is 18.6. The Morgan fingerprint density at radius 3 is 2.36 bits per heavy atom. The molecule has 4 nitrogen and oxygen atoms in total. The maximum Gasteiger partial charge on any atom is 0.252 e. The Kier molecular flexibility index (Phi) is 5.55. The van der Waals surface area contributed by atoms with Gasteiger partial charge in [0.15, 0.2) is 5.78 Å². The van der Waals surface area contributed by atoms with Gasteiger partial charge in [-0.05, 0) is 42.4 Å². The molecule has 3 atom stereocenters. The Hall–Kier alpha value is -3.02. The molecule has 33 heavy (non-hydrogen) atoms. The summed E-state index contributed by atoms with van der Waals surface area (Å²) in [5.74, 6) is -0.739. The summed E-state index contributed by atoms with van der Waals surface area (Å²) in [7, 11) is 3.76. The first kappa shape index (κ1) is 21.8. The molecule has 1 saturated heterocycles. The Bertz CT molecular complexity index is 1240. The number of nitrogens with zero attached hydrogens (tertiary/aromatic N) is 2. The molecular formula is C28H25BrN2O2. The molecule has 2 aliphatic heterocycles. The lowest BCUT2D eigenvalue weighted by Gasteiger charge is -2.35. The van der Waals surface area contributed by atoms with Gasteiger partial charge in [-0.1, -0.05) is 82.7 Å². The average molecular weight is 501 g/mol. The van der Waals surface area contributed by atoms with Gasteiger partial charge in [0.1, 0.15) is 5.54 Å². The fraction of sp³-hybridized carbons (Fsp3) is 0.214. The van der Waals surface area contributed by atoms with Crippen LogP contribution in [0.25, 0.3) is 6.08 Å². The molecule has 3 unspecified atom stereocenters. The summed E-state index contributed by atoms with van der Waals surface area (Å²) in [5.41, 5.74) is 2.73. The van der Waals surface area contributed by atoms with Gasteiger partial charge >= 0.3 is 0 Å². The molecule has 0 N–H and O–H groups in total. The van der Waals surface area contributed by atoms with Gasteiger partial charge in [0.2, 0.25) is 0 Å². The zero-order valence-corrected chi connectivity index (χ0v) is 20.2. The van der Waals surface area contributed by atoms with E-state index in [4.69, 9.17) is 0 Å². The second kappa shape index (κ2) is 8.40. The molecule has 3 aromatic carbocycles. The normalized spacial score (nSPS) is 24.7. The number of fused-ring (bicyclic) bond motifs is 2. The molecule has 166 valence electrons. The van der Waals surface area contributed by atoms with Gasteiger partial charge in [0.25, 0.3) is 5.91 Å². The predicted octanol–water partition coefficient (Wildman–Crippen LogP) is 5.25. The highest BCUT2D eigenvalue weighted by Gasteiger charge is 2.65. The van der Waals surface area contributed by atoms with Crippen molar-refractivity contribution < 1.29 is 9.59 Å². The van der Waals surface area contributed by atoms with Gasteiger partial charge < -0.3 is 4.90 Å². The molecule has 1 fully saturated rings. The monoisotopic (exact) mass is 500 g/mol. The van der Waals surface area contributed by atoms with Gasteiger partial charge in [0, 0.05) is 35.2 Å². The minimum absolute atomic E-state index is 0.0355. The lowest BCUT2D eigenvalue weighted by Crippen LogP contribution is -2.52. The third-order valence-electron chi connectivity index (χ3n) is 7.06. The van der Waals surface area contributed by atoms with Gasteiger partial charge in [-0.15, -0.1) is 0 Å². The smallest absolute Gasteiger partial charge is 0.252 e. The first-order valence-corrected chi connectivity index (χ1v) is 11.8. The van der Waals surface area contributed by atoms with Crippen LogP contribution in [0.2, 0.25) is 0 Å². The van der Waals surface area contributed by atoms with E-state index >= 15 is 0 Å². The molecule has 3 aromatic rings. The molecule has 0 aromatic heterocycles. The second-order valence-electron chi connectivity index (χ2n) is 8.81. The molecule has 1 amide bonds. The van der Waals surface area contributed by atoms with Gasteiger partial charge in [-0.2, -0.15) is 0 Å². The van der Waals surface area contributed by atoms with E-state index < -0.39 is 11.5 Å². The van der Waals surface area contributed by atoms with E-state index in [2.05, 4.69) is 33.0 Å². The number of hydrogen-bond acceptors (Lipinski definition) is 3. The number of anilines is 1. The largest absolute Gasteiger partial charge is 0.313 e. The summed E-state index contributed by atoms with van der Waals surface area (Å²) in [4.78, 5) is 31.7. The van der Waals surface area contributed by atoms with Crippen molar-refractivity contribution in [3.63, 3.8) is 0 Å². The molecule has 0 saturated carbocycles. The first-order chi connectivity index (χ1) is 15.9. The summed E-state index contributed by atoms with van der Waals surface area (Å²) < 4.78 is 0.895. The molecule has 0 bridgehead atoms. The fourth-order valence-electron chi connectivity index (χ4n) is 5.58.